The highest BCUT2D eigenvalue weighted by atomic mass is 19.1. The fourth-order valence-corrected chi connectivity index (χ4v) is 3.43. The van der Waals surface area contributed by atoms with E-state index in [1.165, 1.54) is 24.4 Å². The summed E-state index contributed by atoms with van der Waals surface area (Å²) >= 11 is 0. The average molecular weight is 429 g/mol. The summed E-state index contributed by atoms with van der Waals surface area (Å²) in [6.45, 7) is 4.09. The van der Waals surface area contributed by atoms with Gasteiger partial charge in [-0.15, -0.1) is 0 Å². The highest BCUT2D eigenvalue weighted by Gasteiger charge is 2.35. The minimum absolute atomic E-state index is 0.134. The van der Waals surface area contributed by atoms with Gasteiger partial charge < -0.3 is 36.2 Å². The highest BCUT2D eigenvalue weighted by Crippen LogP contribution is 2.29. The van der Waals surface area contributed by atoms with Crippen LogP contribution in [-0.2, 0) is 0 Å². The molecule has 31 heavy (non-hydrogen) atoms. The third-order valence-electron chi connectivity index (χ3n) is 5.01. The Kier molecular flexibility index (Phi) is 6.11. The van der Waals surface area contributed by atoms with Crippen molar-refractivity contribution in [1.82, 2.24) is 9.88 Å². The summed E-state index contributed by atoms with van der Waals surface area (Å²) in [5.74, 6) is -0.989. The Bertz CT molecular complexity index is 1060. The zero-order chi connectivity index (χ0) is 22.8. The van der Waals surface area contributed by atoms with Gasteiger partial charge in [0, 0.05) is 43.3 Å². The normalized spacial score (nSPS) is 18.7. The molecular weight excluding hydrogens is 405 g/mol. The smallest absolute Gasteiger partial charge is 0.316 e. The summed E-state index contributed by atoms with van der Waals surface area (Å²) in [5, 5.41) is 19.8. The number of nitrogens with one attached hydrogen (secondary N) is 3. The largest absolute Gasteiger partial charge is 0.452 e. The third kappa shape index (κ3) is 4.92. The second kappa shape index (κ2) is 8.60. The number of carbonyl (C=O) groups excluding carboxylic acids is 2. The predicted octanol–water partition coefficient (Wildman–Crippen LogP) is 2.62. The number of primary amides is 1. The van der Waals surface area contributed by atoms with Gasteiger partial charge in [0.05, 0.1) is 16.9 Å². The maximum Gasteiger partial charge on any atom is 0.316 e. The number of amides is 3. The number of H-pyrrole nitrogens is 1. The van der Waals surface area contributed by atoms with Gasteiger partial charge in [-0.3, -0.25) is 4.79 Å². The van der Waals surface area contributed by atoms with Crippen LogP contribution < -0.4 is 15.8 Å². The van der Waals surface area contributed by atoms with Crippen molar-refractivity contribution in [3.8, 4) is 5.75 Å². The first-order valence-electron chi connectivity index (χ1n) is 9.56. The molecule has 1 saturated heterocycles. The van der Waals surface area contributed by atoms with Crippen molar-refractivity contribution in [1.29, 1.82) is 5.41 Å². The molecule has 0 radical (unpaired) electrons. The van der Waals surface area contributed by atoms with Gasteiger partial charge in [0.15, 0.2) is 17.3 Å². The standard InChI is InChI=1S/C21H24FN5O4/c1-12-14(19(28)27-8-6-21(2,30)11-27)10-25-18(12)17(5-7-23)31-16-4-3-13(9-15(16)22)26-20(24)29/h3-5,7,9-10,23,25,30H,6,8,11H2,1-2H3,(H3,24,26,29)/b17-5+,23-7?. The Morgan fingerprint density at radius 1 is 1.45 bits per heavy atom. The van der Waals surface area contributed by atoms with Gasteiger partial charge in [-0.2, -0.15) is 0 Å². The lowest BCUT2D eigenvalue weighted by Gasteiger charge is -2.19. The van der Waals surface area contributed by atoms with Crippen LogP contribution >= 0.6 is 0 Å². The summed E-state index contributed by atoms with van der Waals surface area (Å²) in [6, 6.07) is 2.96. The molecule has 6 N–H and O–H groups in total. The number of hydrogen-bond donors (Lipinski definition) is 5. The number of allylic oxidation sites excluding steroid dienone is 1. The monoisotopic (exact) mass is 429 g/mol. The van der Waals surface area contributed by atoms with Crippen LogP contribution in [0.2, 0.25) is 0 Å². The Morgan fingerprint density at radius 2 is 2.19 bits per heavy atom. The molecule has 2 heterocycles. The molecule has 1 unspecified atom stereocenters. The van der Waals surface area contributed by atoms with E-state index in [1.807, 2.05) is 0 Å². The molecule has 0 spiro atoms. The molecule has 0 aliphatic carbocycles. The molecule has 1 fully saturated rings. The number of urea groups is 1. The van der Waals surface area contributed by atoms with E-state index >= 15 is 0 Å². The van der Waals surface area contributed by atoms with Gasteiger partial charge in [-0.1, -0.05) is 0 Å². The number of nitrogens with zero attached hydrogens (tertiary/aromatic N) is 1. The lowest BCUT2D eigenvalue weighted by atomic mass is 10.1. The molecule has 3 amide bonds. The van der Waals surface area contributed by atoms with Crippen LogP contribution in [0.15, 0.2) is 30.5 Å². The summed E-state index contributed by atoms with van der Waals surface area (Å²) in [4.78, 5) is 28.3. The average Bonchev–Trinajstić information content (AvgIpc) is 3.24. The Labute approximate surface area is 178 Å². The van der Waals surface area contributed by atoms with Gasteiger partial charge in [0.25, 0.3) is 5.91 Å². The van der Waals surface area contributed by atoms with Gasteiger partial charge in [0.2, 0.25) is 0 Å². The number of likely N-dealkylation sites (tertiary alicyclic amines) is 1. The number of benzene rings is 1. The van der Waals surface area contributed by atoms with Gasteiger partial charge in [0.1, 0.15) is 0 Å². The number of nitrogens with two attached hydrogens (primary N) is 1. The summed E-state index contributed by atoms with van der Waals surface area (Å²) in [7, 11) is 0. The van der Waals surface area contributed by atoms with E-state index < -0.39 is 17.4 Å². The first kappa shape index (κ1) is 22.0. The number of rotatable bonds is 6. The van der Waals surface area contributed by atoms with Crippen molar-refractivity contribution < 1.29 is 23.8 Å². The number of anilines is 1. The second-order valence-electron chi connectivity index (χ2n) is 7.61. The lowest BCUT2D eigenvalue weighted by molar-refractivity contribution is 0.0572. The molecule has 1 aliphatic rings. The Morgan fingerprint density at radius 3 is 2.77 bits per heavy atom. The van der Waals surface area contributed by atoms with E-state index in [0.717, 1.165) is 12.3 Å². The molecule has 3 rings (SSSR count). The number of aromatic nitrogens is 1. The molecule has 164 valence electrons. The summed E-state index contributed by atoms with van der Waals surface area (Å²) in [6.07, 6.45) is 4.33. The van der Waals surface area contributed by atoms with Crippen LogP contribution in [0.4, 0.5) is 14.9 Å². The van der Waals surface area contributed by atoms with Gasteiger partial charge >= 0.3 is 6.03 Å². The maximum absolute atomic E-state index is 14.4. The molecule has 1 aromatic heterocycles. The van der Waals surface area contributed by atoms with Crippen molar-refractivity contribution in [2.45, 2.75) is 25.9 Å². The van der Waals surface area contributed by atoms with E-state index in [2.05, 4.69) is 10.3 Å². The molecular formula is C21H24FN5O4. The molecule has 10 heteroatoms. The van der Waals surface area contributed by atoms with Gasteiger partial charge in [-0.25, -0.2) is 9.18 Å². The van der Waals surface area contributed by atoms with Crippen LogP contribution in [0.5, 0.6) is 5.75 Å². The summed E-state index contributed by atoms with van der Waals surface area (Å²) < 4.78 is 20.1. The molecule has 0 saturated carbocycles. The number of aliphatic hydroxyl groups is 1. The van der Waals surface area contributed by atoms with Crippen molar-refractivity contribution >= 4 is 29.6 Å². The maximum atomic E-state index is 14.4. The quantitative estimate of drug-likeness (QED) is 0.355. The number of aromatic amines is 1. The number of hydrogen-bond acceptors (Lipinski definition) is 5. The first-order chi connectivity index (χ1) is 14.6. The summed E-state index contributed by atoms with van der Waals surface area (Å²) in [5.41, 5.74) is 5.66. The molecule has 1 atom stereocenters. The number of halogens is 1. The van der Waals surface area contributed by atoms with Crippen LogP contribution in [0.1, 0.15) is 35.0 Å². The first-order valence-corrected chi connectivity index (χ1v) is 9.56. The van der Waals surface area contributed by atoms with Crippen LogP contribution in [0.25, 0.3) is 5.76 Å². The zero-order valence-electron chi connectivity index (χ0n) is 17.2. The van der Waals surface area contributed by atoms with Crippen molar-refractivity contribution in [3.05, 3.63) is 53.1 Å². The van der Waals surface area contributed by atoms with Crippen LogP contribution in [-0.4, -0.2) is 51.8 Å². The Hall–Kier alpha value is -3.66. The lowest BCUT2D eigenvalue weighted by Crippen LogP contribution is -2.34. The number of β-amino-alcohol motifs (C(OH)–C–C–N with tert-alkyl or cyclic N) is 1. The minimum Gasteiger partial charge on any atom is -0.452 e. The van der Waals surface area contributed by atoms with Crippen molar-refractivity contribution in [2.24, 2.45) is 5.73 Å². The fourth-order valence-electron chi connectivity index (χ4n) is 3.43. The van der Waals surface area contributed by atoms with E-state index in [1.54, 1.807) is 18.7 Å². The van der Waals surface area contributed by atoms with E-state index in [9.17, 15) is 19.1 Å². The molecule has 0 bridgehead atoms. The zero-order valence-corrected chi connectivity index (χ0v) is 17.2. The van der Waals surface area contributed by atoms with E-state index in [-0.39, 0.29) is 29.6 Å². The predicted molar refractivity (Wildman–Crippen MR) is 114 cm³/mol. The molecule has 9 nitrogen and oxygen atoms in total. The number of carbonyl (C=O) groups is 2. The van der Waals surface area contributed by atoms with Gasteiger partial charge in [-0.05, 0) is 38.0 Å². The van der Waals surface area contributed by atoms with Crippen molar-refractivity contribution in [2.75, 3.05) is 18.4 Å². The second-order valence-corrected chi connectivity index (χ2v) is 7.61. The van der Waals surface area contributed by atoms with Crippen molar-refractivity contribution in [3.63, 3.8) is 0 Å². The van der Waals surface area contributed by atoms with Crippen LogP contribution in [0, 0.1) is 18.2 Å². The van der Waals surface area contributed by atoms with Crippen LogP contribution in [0.3, 0.4) is 0 Å². The number of ether oxygens (including phenoxy) is 1. The fraction of sp³-hybridized carbons (Fsp3) is 0.286. The molecule has 1 aliphatic heterocycles. The molecule has 2 aromatic rings. The SMILES string of the molecule is Cc1c(C(=O)N2CCC(C)(O)C2)c[nH]c1/C(=C\C=N)Oc1ccc(NC(N)=O)cc1F. The van der Waals surface area contributed by atoms with E-state index in [4.69, 9.17) is 15.9 Å². The third-order valence-corrected chi connectivity index (χ3v) is 5.01. The highest BCUT2D eigenvalue weighted by molar-refractivity contribution is 5.97. The Balaban J connectivity index is 1.85. The van der Waals surface area contributed by atoms with E-state index in [0.29, 0.717) is 29.8 Å². The molecule has 1 aromatic carbocycles. The topological polar surface area (TPSA) is 145 Å². The minimum atomic E-state index is -0.913.